The van der Waals surface area contributed by atoms with E-state index in [2.05, 4.69) is 10.1 Å². The van der Waals surface area contributed by atoms with E-state index in [0.717, 1.165) is 11.1 Å². The highest BCUT2D eigenvalue weighted by molar-refractivity contribution is 5.78. The average Bonchev–Trinajstić information content (AvgIpc) is 2.42. The topological polar surface area (TPSA) is 75.6 Å². The summed E-state index contributed by atoms with van der Waals surface area (Å²) >= 11 is 0. The molecule has 19 heavy (non-hydrogen) atoms. The average molecular weight is 265 g/mol. The van der Waals surface area contributed by atoms with Gasteiger partial charge in [-0.15, -0.1) is 0 Å². The summed E-state index contributed by atoms with van der Waals surface area (Å²) in [6, 6.07) is 7.85. The van der Waals surface area contributed by atoms with Gasteiger partial charge in [0.15, 0.2) is 6.10 Å². The fraction of sp³-hybridized carbons (Fsp3) is 0.429. The number of hydrogen-bond acceptors (Lipinski definition) is 4. The molecule has 0 radical (unpaired) electrons. The number of rotatable bonds is 6. The maximum Gasteiger partial charge on any atom is 0.336 e. The largest absolute Gasteiger partial charge is 0.467 e. The van der Waals surface area contributed by atoms with Gasteiger partial charge in [-0.3, -0.25) is 4.79 Å². The van der Waals surface area contributed by atoms with Gasteiger partial charge in [0, 0.05) is 6.42 Å². The minimum atomic E-state index is -1.31. The van der Waals surface area contributed by atoms with Crippen molar-refractivity contribution in [2.24, 2.45) is 0 Å². The van der Waals surface area contributed by atoms with E-state index in [-0.39, 0.29) is 12.5 Å². The van der Waals surface area contributed by atoms with Crippen molar-refractivity contribution in [1.82, 2.24) is 5.32 Å². The highest BCUT2D eigenvalue weighted by Gasteiger charge is 2.15. The maximum atomic E-state index is 11.6. The molecule has 5 heteroatoms. The van der Waals surface area contributed by atoms with Crippen LogP contribution < -0.4 is 5.32 Å². The first-order valence-corrected chi connectivity index (χ1v) is 6.11. The number of methoxy groups -OCH3 is 1. The molecule has 104 valence electrons. The summed E-state index contributed by atoms with van der Waals surface area (Å²) in [6.07, 6.45) is -0.363. The zero-order valence-corrected chi connectivity index (χ0v) is 11.2. The lowest BCUT2D eigenvalue weighted by atomic mass is 10.0. The van der Waals surface area contributed by atoms with Gasteiger partial charge in [0.1, 0.15) is 0 Å². The van der Waals surface area contributed by atoms with Crippen molar-refractivity contribution >= 4 is 11.9 Å². The monoisotopic (exact) mass is 265 g/mol. The van der Waals surface area contributed by atoms with Crippen LogP contribution in [0.4, 0.5) is 0 Å². The molecule has 1 rings (SSSR count). The molecule has 0 saturated carbocycles. The summed E-state index contributed by atoms with van der Waals surface area (Å²) < 4.78 is 4.35. The van der Waals surface area contributed by atoms with Gasteiger partial charge in [0.05, 0.1) is 13.7 Å². The second-order valence-electron chi connectivity index (χ2n) is 4.27. The third-order valence-corrected chi connectivity index (χ3v) is 2.85. The highest BCUT2D eigenvalue weighted by Crippen LogP contribution is 2.09. The molecule has 1 amide bonds. The quantitative estimate of drug-likeness (QED) is 0.738. The molecular weight excluding hydrogens is 246 g/mol. The van der Waals surface area contributed by atoms with E-state index in [0.29, 0.717) is 12.8 Å². The molecule has 0 spiro atoms. The van der Waals surface area contributed by atoms with Crippen molar-refractivity contribution in [3.8, 4) is 0 Å². The Kier molecular flexibility index (Phi) is 6.02. The number of esters is 1. The maximum absolute atomic E-state index is 11.6. The predicted molar refractivity (Wildman–Crippen MR) is 70.5 cm³/mol. The molecule has 0 heterocycles. The Morgan fingerprint density at radius 1 is 1.37 bits per heavy atom. The summed E-state index contributed by atoms with van der Waals surface area (Å²) in [5.41, 5.74) is 2.26. The Balaban J connectivity index is 2.33. The van der Waals surface area contributed by atoms with Crippen LogP contribution in [0.25, 0.3) is 0 Å². The Labute approximate surface area is 112 Å². The molecule has 1 unspecified atom stereocenters. The number of hydrogen-bond donors (Lipinski definition) is 2. The molecule has 0 saturated heterocycles. The lowest BCUT2D eigenvalue weighted by Crippen LogP contribution is -2.37. The molecule has 1 aromatic rings. The van der Waals surface area contributed by atoms with E-state index < -0.39 is 12.1 Å². The number of nitrogens with one attached hydrogen (secondary N) is 1. The third kappa shape index (κ3) is 5.09. The van der Waals surface area contributed by atoms with Crippen LogP contribution in [0.2, 0.25) is 0 Å². The Hall–Kier alpha value is -1.88. The number of aliphatic hydroxyl groups excluding tert-OH is 1. The van der Waals surface area contributed by atoms with Crippen molar-refractivity contribution in [3.63, 3.8) is 0 Å². The summed E-state index contributed by atoms with van der Waals surface area (Å²) in [5.74, 6) is -0.953. The third-order valence-electron chi connectivity index (χ3n) is 2.85. The standard InChI is InChI=1S/C14H19NO4/c1-10-5-3-4-6-11(10)7-8-13(17)15-9-12(16)14(18)19-2/h3-6,12,16H,7-9H2,1-2H3,(H,15,17). The summed E-state index contributed by atoms with van der Waals surface area (Å²) in [7, 11) is 1.19. The van der Waals surface area contributed by atoms with Crippen molar-refractivity contribution < 1.29 is 19.4 Å². The minimum Gasteiger partial charge on any atom is -0.467 e. The van der Waals surface area contributed by atoms with Gasteiger partial charge in [0.25, 0.3) is 0 Å². The molecule has 0 aliphatic heterocycles. The van der Waals surface area contributed by atoms with E-state index in [9.17, 15) is 14.7 Å². The zero-order chi connectivity index (χ0) is 14.3. The van der Waals surface area contributed by atoms with Crippen molar-refractivity contribution in [1.29, 1.82) is 0 Å². The van der Waals surface area contributed by atoms with E-state index in [1.807, 2.05) is 31.2 Å². The van der Waals surface area contributed by atoms with E-state index in [1.54, 1.807) is 0 Å². The molecule has 0 aliphatic carbocycles. The molecule has 1 aromatic carbocycles. The second-order valence-corrected chi connectivity index (χ2v) is 4.27. The second kappa shape index (κ2) is 7.53. The number of aryl methyl sites for hydroxylation is 2. The van der Waals surface area contributed by atoms with E-state index >= 15 is 0 Å². The van der Waals surface area contributed by atoms with Crippen LogP contribution in [0, 0.1) is 6.92 Å². The highest BCUT2D eigenvalue weighted by atomic mass is 16.5. The number of aliphatic hydroxyl groups is 1. The molecular formula is C14H19NO4. The number of carbonyl (C=O) groups excluding carboxylic acids is 2. The fourth-order valence-corrected chi connectivity index (χ4v) is 1.66. The fourth-order valence-electron chi connectivity index (χ4n) is 1.66. The first kappa shape index (κ1) is 15.2. The summed E-state index contributed by atoms with van der Waals surface area (Å²) in [4.78, 5) is 22.5. The number of amides is 1. The number of carbonyl (C=O) groups is 2. The van der Waals surface area contributed by atoms with Gasteiger partial charge in [0.2, 0.25) is 5.91 Å². The van der Waals surface area contributed by atoms with Crippen molar-refractivity contribution in [3.05, 3.63) is 35.4 Å². The van der Waals surface area contributed by atoms with Gasteiger partial charge in [-0.1, -0.05) is 24.3 Å². The lowest BCUT2D eigenvalue weighted by Gasteiger charge is -2.10. The van der Waals surface area contributed by atoms with E-state index in [4.69, 9.17) is 0 Å². The number of benzene rings is 1. The molecule has 0 bridgehead atoms. The Morgan fingerprint density at radius 2 is 2.05 bits per heavy atom. The molecule has 1 atom stereocenters. The molecule has 0 aliphatic rings. The lowest BCUT2D eigenvalue weighted by molar-refractivity contribution is -0.150. The SMILES string of the molecule is COC(=O)C(O)CNC(=O)CCc1ccccc1C. The van der Waals surface area contributed by atoms with E-state index in [1.165, 1.54) is 7.11 Å². The normalized spacial score (nSPS) is 11.7. The smallest absolute Gasteiger partial charge is 0.336 e. The van der Waals surface area contributed by atoms with Gasteiger partial charge in [-0.2, -0.15) is 0 Å². The Morgan fingerprint density at radius 3 is 2.68 bits per heavy atom. The van der Waals surface area contributed by atoms with Crippen LogP contribution in [0.3, 0.4) is 0 Å². The van der Waals surface area contributed by atoms with Gasteiger partial charge in [-0.25, -0.2) is 4.79 Å². The minimum absolute atomic E-state index is 0.126. The van der Waals surface area contributed by atoms with Crippen LogP contribution in [0.1, 0.15) is 17.5 Å². The van der Waals surface area contributed by atoms with Crippen molar-refractivity contribution in [2.75, 3.05) is 13.7 Å². The zero-order valence-electron chi connectivity index (χ0n) is 11.2. The van der Waals surface area contributed by atoms with Crippen molar-refractivity contribution in [2.45, 2.75) is 25.9 Å². The predicted octanol–water partition coefficient (Wildman–Crippen LogP) is 0.578. The van der Waals surface area contributed by atoms with Gasteiger partial charge < -0.3 is 15.2 Å². The van der Waals surface area contributed by atoms with Gasteiger partial charge in [-0.05, 0) is 24.5 Å². The van der Waals surface area contributed by atoms with Gasteiger partial charge >= 0.3 is 5.97 Å². The van der Waals surface area contributed by atoms with Crippen LogP contribution in [0.15, 0.2) is 24.3 Å². The first-order chi connectivity index (χ1) is 9.04. The summed E-state index contributed by atoms with van der Waals surface area (Å²) in [5, 5.41) is 11.8. The van der Waals surface area contributed by atoms with Crippen LogP contribution in [0.5, 0.6) is 0 Å². The number of ether oxygens (including phenoxy) is 1. The van der Waals surface area contributed by atoms with Crippen LogP contribution in [-0.4, -0.2) is 36.7 Å². The molecule has 2 N–H and O–H groups in total. The molecule has 5 nitrogen and oxygen atoms in total. The molecule has 0 aromatic heterocycles. The summed E-state index contributed by atoms with van der Waals surface area (Å²) in [6.45, 7) is 1.87. The first-order valence-electron chi connectivity index (χ1n) is 6.11. The van der Waals surface area contributed by atoms with Crippen LogP contribution >= 0.6 is 0 Å². The molecule has 0 fully saturated rings. The Bertz CT molecular complexity index is 445. The van der Waals surface area contributed by atoms with Crippen LogP contribution in [-0.2, 0) is 20.7 Å².